The fourth-order valence-corrected chi connectivity index (χ4v) is 3.01. The number of hydrogen-bond acceptors (Lipinski definition) is 6. The van der Waals surface area contributed by atoms with Crippen molar-refractivity contribution in [2.75, 3.05) is 34.4 Å². The highest BCUT2D eigenvalue weighted by molar-refractivity contribution is 5.87. The van der Waals surface area contributed by atoms with Gasteiger partial charge in [-0.25, -0.2) is 4.98 Å². The molecular formula is C21H25N3O4. The second kappa shape index (κ2) is 7.90. The number of aromatic hydroxyl groups is 1. The molecule has 0 radical (unpaired) electrons. The van der Waals surface area contributed by atoms with Gasteiger partial charge in [-0.3, -0.25) is 4.79 Å². The number of phenolic OH excluding ortho intramolecular Hbond substituents is 1. The third kappa shape index (κ3) is 3.94. The summed E-state index contributed by atoms with van der Waals surface area (Å²) < 4.78 is 11.2. The predicted molar refractivity (Wildman–Crippen MR) is 110 cm³/mol. The Kier molecular flexibility index (Phi) is 5.56. The van der Waals surface area contributed by atoms with Gasteiger partial charge >= 0.3 is 0 Å². The Morgan fingerprint density at radius 1 is 1.14 bits per heavy atom. The molecule has 1 heterocycles. The van der Waals surface area contributed by atoms with Gasteiger partial charge < -0.3 is 24.5 Å². The number of nitrogens with zero attached hydrogens (tertiary/aromatic N) is 2. The van der Waals surface area contributed by atoms with Crippen LogP contribution < -0.4 is 15.0 Å². The Morgan fingerprint density at radius 3 is 2.43 bits per heavy atom. The molecule has 1 aromatic heterocycles. The molecule has 0 aliphatic carbocycles. The summed E-state index contributed by atoms with van der Waals surface area (Å²) in [6.07, 6.45) is 0. The summed E-state index contributed by atoms with van der Waals surface area (Å²) in [6.45, 7) is 4.77. The Bertz CT molecular complexity index is 1050. The van der Waals surface area contributed by atoms with E-state index in [1.807, 2.05) is 32.8 Å². The van der Waals surface area contributed by atoms with Gasteiger partial charge in [-0.05, 0) is 51.2 Å². The summed E-state index contributed by atoms with van der Waals surface area (Å²) in [5, 5.41) is 10.4. The van der Waals surface area contributed by atoms with E-state index < -0.39 is 0 Å². The van der Waals surface area contributed by atoms with E-state index in [1.54, 1.807) is 31.4 Å². The van der Waals surface area contributed by atoms with Crippen LogP contribution in [0.5, 0.6) is 17.2 Å². The van der Waals surface area contributed by atoms with E-state index in [0.717, 1.165) is 16.7 Å². The molecule has 0 saturated heterocycles. The summed E-state index contributed by atoms with van der Waals surface area (Å²) >= 11 is 0. The monoisotopic (exact) mass is 383 g/mol. The molecule has 0 fully saturated rings. The van der Waals surface area contributed by atoms with Crippen molar-refractivity contribution in [2.45, 2.75) is 13.8 Å². The van der Waals surface area contributed by atoms with Gasteiger partial charge in [0.05, 0.1) is 12.6 Å². The van der Waals surface area contributed by atoms with Gasteiger partial charge in [0.2, 0.25) is 0 Å². The number of H-pyrrole nitrogens is 1. The number of methoxy groups -OCH3 is 1. The van der Waals surface area contributed by atoms with Crippen LogP contribution in [0.1, 0.15) is 11.1 Å². The summed E-state index contributed by atoms with van der Waals surface area (Å²) in [5.41, 5.74) is 2.36. The standard InChI is InChI=1S/C21H25N3O4/c1-12-8-14(9-13(2)19(12)25)20-22-16-10-15(27-5)11-17(18(16)21(26)23-20)28-7-6-24(3)4/h8-11,25H,6-7H2,1-5H3,(H,22,23,26). The molecule has 0 amide bonds. The van der Waals surface area contributed by atoms with Crippen LogP contribution in [-0.4, -0.2) is 54.3 Å². The highest BCUT2D eigenvalue weighted by Gasteiger charge is 2.15. The zero-order valence-corrected chi connectivity index (χ0v) is 16.8. The molecule has 3 rings (SSSR count). The van der Waals surface area contributed by atoms with Crippen molar-refractivity contribution in [2.24, 2.45) is 0 Å². The number of phenols is 1. The molecule has 0 spiro atoms. The number of fused-ring (bicyclic) bond motifs is 1. The first-order valence-corrected chi connectivity index (χ1v) is 9.00. The molecule has 7 heteroatoms. The van der Waals surface area contributed by atoms with Crippen LogP contribution >= 0.6 is 0 Å². The van der Waals surface area contributed by atoms with Gasteiger partial charge in [-0.2, -0.15) is 0 Å². The van der Waals surface area contributed by atoms with Gasteiger partial charge in [-0.15, -0.1) is 0 Å². The second-order valence-corrected chi connectivity index (χ2v) is 7.04. The molecule has 3 aromatic rings. The van der Waals surface area contributed by atoms with Crippen LogP contribution in [-0.2, 0) is 0 Å². The van der Waals surface area contributed by atoms with E-state index >= 15 is 0 Å². The highest BCUT2D eigenvalue weighted by atomic mass is 16.5. The first-order valence-electron chi connectivity index (χ1n) is 9.00. The van der Waals surface area contributed by atoms with E-state index in [4.69, 9.17) is 9.47 Å². The van der Waals surface area contributed by atoms with Crippen LogP contribution in [0.15, 0.2) is 29.1 Å². The Hall–Kier alpha value is -3.06. The fraction of sp³-hybridized carbons (Fsp3) is 0.333. The summed E-state index contributed by atoms with van der Waals surface area (Å²) in [6, 6.07) is 7.00. The first kappa shape index (κ1) is 19.7. The van der Waals surface area contributed by atoms with Crippen LogP contribution in [0.3, 0.4) is 0 Å². The molecule has 0 unspecified atom stereocenters. The van der Waals surface area contributed by atoms with E-state index in [2.05, 4.69) is 9.97 Å². The van der Waals surface area contributed by atoms with Gasteiger partial charge in [0, 0.05) is 24.2 Å². The predicted octanol–water partition coefficient (Wildman–Crippen LogP) is 2.86. The molecule has 0 atom stereocenters. The maximum absolute atomic E-state index is 12.9. The molecule has 2 N–H and O–H groups in total. The van der Waals surface area contributed by atoms with Crippen molar-refractivity contribution in [3.8, 4) is 28.6 Å². The molecule has 0 aliphatic rings. The number of nitrogens with one attached hydrogen (secondary N) is 1. The minimum absolute atomic E-state index is 0.241. The largest absolute Gasteiger partial charge is 0.507 e. The molecule has 0 aliphatic heterocycles. The van der Waals surface area contributed by atoms with Gasteiger partial charge in [0.1, 0.15) is 35.1 Å². The Labute approximate surface area is 163 Å². The first-order chi connectivity index (χ1) is 13.3. The number of ether oxygens (including phenoxy) is 2. The third-order valence-electron chi connectivity index (χ3n) is 4.54. The number of hydrogen-bond donors (Lipinski definition) is 2. The maximum Gasteiger partial charge on any atom is 0.262 e. The average Bonchev–Trinajstić information content (AvgIpc) is 2.64. The minimum atomic E-state index is -0.286. The minimum Gasteiger partial charge on any atom is -0.507 e. The SMILES string of the molecule is COc1cc(OCCN(C)C)c2c(=O)[nH]c(-c3cc(C)c(O)c(C)c3)nc2c1. The third-order valence-corrected chi connectivity index (χ3v) is 4.54. The van der Waals surface area contributed by atoms with Crippen molar-refractivity contribution in [1.29, 1.82) is 0 Å². The molecule has 0 saturated carbocycles. The Morgan fingerprint density at radius 2 is 1.82 bits per heavy atom. The summed E-state index contributed by atoms with van der Waals surface area (Å²) in [5.74, 6) is 1.67. The molecule has 2 aromatic carbocycles. The normalized spacial score (nSPS) is 11.2. The van der Waals surface area contributed by atoms with Crippen molar-refractivity contribution >= 4 is 10.9 Å². The lowest BCUT2D eigenvalue weighted by molar-refractivity contribution is 0.262. The zero-order valence-electron chi connectivity index (χ0n) is 16.8. The number of aromatic amines is 1. The van der Waals surface area contributed by atoms with Crippen molar-refractivity contribution < 1.29 is 14.6 Å². The molecule has 148 valence electrons. The van der Waals surface area contributed by atoms with Gasteiger partial charge in [-0.1, -0.05) is 0 Å². The molecule has 0 bridgehead atoms. The van der Waals surface area contributed by atoms with Crippen molar-refractivity contribution in [1.82, 2.24) is 14.9 Å². The highest BCUT2D eigenvalue weighted by Crippen LogP contribution is 2.31. The number of likely N-dealkylation sites (N-methyl/N-ethyl adjacent to an activating group) is 1. The Balaban J connectivity index is 2.13. The number of benzene rings is 2. The fourth-order valence-electron chi connectivity index (χ4n) is 3.01. The molecular weight excluding hydrogens is 358 g/mol. The van der Waals surface area contributed by atoms with E-state index in [1.165, 1.54) is 0 Å². The number of aryl methyl sites for hydroxylation is 2. The van der Waals surface area contributed by atoms with Crippen LogP contribution in [0.2, 0.25) is 0 Å². The van der Waals surface area contributed by atoms with Crippen molar-refractivity contribution in [3.63, 3.8) is 0 Å². The lowest BCUT2D eigenvalue weighted by Gasteiger charge is -2.14. The molecule has 7 nitrogen and oxygen atoms in total. The topological polar surface area (TPSA) is 87.7 Å². The summed E-state index contributed by atoms with van der Waals surface area (Å²) in [7, 11) is 5.47. The maximum atomic E-state index is 12.9. The van der Waals surface area contributed by atoms with E-state index in [0.29, 0.717) is 41.4 Å². The average molecular weight is 383 g/mol. The summed E-state index contributed by atoms with van der Waals surface area (Å²) in [4.78, 5) is 22.3. The van der Waals surface area contributed by atoms with Crippen LogP contribution in [0.4, 0.5) is 0 Å². The zero-order chi connectivity index (χ0) is 20.4. The quantitative estimate of drug-likeness (QED) is 0.681. The van der Waals surface area contributed by atoms with Gasteiger partial charge in [0.15, 0.2) is 0 Å². The second-order valence-electron chi connectivity index (χ2n) is 7.04. The lowest BCUT2D eigenvalue weighted by atomic mass is 10.0. The number of rotatable bonds is 6. The lowest BCUT2D eigenvalue weighted by Crippen LogP contribution is -2.20. The molecule has 28 heavy (non-hydrogen) atoms. The van der Waals surface area contributed by atoms with E-state index in [-0.39, 0.29) is 11.3 Å². The van der Waals surface area contributed by atoms with Crippen LogP contribution in [0, 0.1) is 13.8 Å². The number of aromatic nitrogens is 2. The smallest absolute Gasteiger partial charge is 0.262 e. The van der Waals surface area contributed by atoms with E-state index in [9.17, 15) is 9.90 Å². The van der Waals surface area contributed by atoms with Crippen molar-refractivity contribution in [3.05, 3.63) is 45.7 Å². The van der Waals surface area contributed by atoms with Gasteiger partial charge in [0.25, 0.3) is 5.56 Å². The van der Waals surface area contributed by atoms with Crippen LogP contribution in [0.25, 0.3) is 22.3 Å².